The summed E-state index contributed by atoms with van der Waals surface area (Å²) in [5.74, 6) is -0.704. The van der Waals surface area contributed by atoms with E-state index in [1.807, 2.05) is 6.07 Å². The zero-order valence-corrected chi connectivity index (χ0v) is 16.7. The van der Waals surface area contributed by atoms with Crippen molar-refractivity contribution in [3.63, 3.8) is 0 Å². The monoisotopic (exact) mass is 431 g/mol. The Hall–Kier alpha value is -4.11. The van der Waals surface area contributed by atoms with Gasteiger partial charge in [-0.05, 0) is 54.6 Å². The van der Waals surface area contributed by atoms with Crippen LogP contribution in [0.25, 0.3) is 15.9 Å². The van der Waals surface area contributed by atoms with E-state index < -0.39 is 0 Å². The number of nitrogens with one attached hydrogen (secondary N) is 2. The molecule has 0 aliphatic carbocycles. The average molecular weight is 431 g/mol. The number of nitrogens with zero attached hydrogens (tertiary/aromatic N) is 3. The lowest BCUT2D eigenvalue weighted by Gasteiger charge is -2.07. The molecule has 0 unspecified atom stereocenters. The third-order valence-electron chi connectivity index (χ3n) is 4.58. The Morgan fingerprint density at radius 1 is 0.968 bits per heavy atom. The standard InChI is InChI=1S/C22H14FN5O2S/c23-14-8-10-15(11-9-14)24-19(29)13-4-3-5-16(12-13)25-21-27-28-20(30)17-6-1-2-7-18(17)26-22(28)31-21/h1-12H,(H,24,29)(H,25,27). The molecule has 152 valence electrons. The Balaban J connectivity index is 1.41. The molecule has 5 rings (SSSR count). The predicted molar refractivity (Wildman–Crippen MR) is 119 cm³/mol. The van der Waals surface area contributed by atoms with Crippen LogP contribution in [-0.4, -0.2) is 20.5 Å². The van der Waals surface area contributed by atoms with Gasteiger partial charge in [-0.15, -0.1) is 5.10 Å². The number of para-hydroxylation sites is 1. The van der Waals surface area contributed by atoms with E-state index in [2.05, 4.69) is 20.7 Å². The summed E-state index contributed by atoms with van der Waals surface area (Å²) < 4.78 is 14.3. The molecular weight excluding hydrogens is 417 g/mol. The van der Waals surface area contributed by atoms with E-state index in [-0.39, 0.29) is 17.3 Å². The topological polar surface area (TPSA) is 88.4 Å². The van der Waals surface area contributed by atoms with E-state index in [0.29, 0.717) is 37.9 Å². The van der Waals surface area contributed by atoms with Gasteiger partial charge < -0.3 is 10.6 Å². The van der Waals surface area contributed by atoms with Crippen molar-refractivity contribution in [1.82, 2.24) is 14.6 Å². The van der Waals surface area contributed by atoms with E-state index in [1.165, 1.54) is 40.1 Å². The Morgan fingerprint density at radius 2 is 1.77 bits per heavy atom. The van der Waals surface area contributed by atoms with Gasteiger partial charge in [0.1, 0.15) is 5.82 Å². The van der Waals surface area contributed by atoms with Crippen LogP contribution in [0.2, 0.25) is 0 Å². The molecule has 0 aliphatic rings. The summed E-state index contributed by atoms with van der Waals surface area (Å²) in [5, 5.41) is 11.1. The second kappa shape index (κ2) is 7.62. The van der Waals surface area contributed by atoms with E-state index >= 15 is 0 Å². The number of carbonyl (C=O) groups is 1. The number of anilines is 3. The van der Waals surface area contributed by atoms with Crippen molar-refractivity contribution in [2.45, 2.75) is 0 Å². The first-order chi connectivity index (χ1) is 15.1. The van der Waals surface area contributed by atoms with Gasteiger partial charge in [0.25, 0.3) is 11.5 Å². The van der Waals surface area contributed by atoms with Crippen molar-refractivity contribution in [2.75, 3.05) is 10.6 Å². The molecule has 0 saturated heterocycles. The normalized spacial score (nSPS) is 11.0. The molecule has 7 nitrogen and oxygen atoms in total. The van der Waals surface area contributed by atoms with Gasteiger partial charge in [0.15, 0.2) is 0 Å². The van der Waals surface area contributed by atoms with E-state index in [9.17, 15) is 14.0 Å². The highest BCUT2D eigenvalue weighted by Gasteiger charge is 2.12. The predicted octanol–water partition coefficient (Wildman–Crippen LogP) is 4.44. The van der Waals surface area contributed by atoms with Gasteiger partial charge in [-0.3, -0.25) is 9.59 Å². The fourth-order valence-electron chi connectivity index (χ4n) is 3.10. The molecule has 0 spiro atoms. The maximum atomic E-state index is 13.0. The molecule has 0 bridgehead atoms. The van der Waals surface area contributed by atoms with Crippen LogP contribution in [0.1, 0.15) is 10.4 Å². The largest absolute Gasteiger partial charge is 0.330 e. The highest BCUT2D eigenvalue weighted by atomic mass is 32.1. The lowest BCUT2D eigenvalue weighted by atomic mass is 10.2. The lowest BCUT2D eigenvalue weighted by molar-refractivity contribution is 0.102. The smallest absolute Gasteiger partial charge is 0.283 e. The summed E-state index contributed by atoms with van der Waals surface area (Å²) in [6, 6.07) is 19.5. The molecule has 1 amide bonds. The quantitative estimate of drug-likeness (QED) is 0.439. The number of fused-ring (bicyclic) bond motifs is 2. The van der Waals surface area contributed by atoms with Crippen LogP contribution in [0.5, 0.6) is 0 Å². The maximum absolute atomic E-state index is 13.0. The first-order valence-corrected chi connectivity index (χ1v) is 10.1. The van der Waals surface area contributed by atoms with Crippen molar-refractivity contribution in [2.24, 2.45) is 0 Å². The first-order valence-electron chi connectivity index (χ1n) is 9.29. The number of carbonyl (C=O) groups excluding carboxylic acids is 1. The third kappa shape index (κ3) is 3.74. The molecule has 2 aromatic heterocycles. The fraction of sp³-hybridized carbons (Fsp3) is 0. The lowest BCUT2D eigenvalue weighted by Crippen LogP contribution is -2.15. The minimum Gasteiger partial charge on any atom is -0.330 e. The molecular formula is C22H14FN5O2S. The minimum absolute atomic E-state index is 0.239. The molecule has 0 fully saturated rings. The van der Waals surface area contributed by atoms with Crippen LogP contribution >= 0.6 is 11.3 Å². The Kier molecular flexibility index (Phi) is 4.64. The number of hydrogen-bond acceptors (Lipinski definition) is 6. The van der Waals surface area contributed by atoms with Gasteiger partial charge in [0.2, 0.25) is 10.1 Å². The number of hydrogen-bond donors (Lipinski definition) is 2. The van der Waals surface area contributed by atoms with Gasteiger partial charge in [0, 0.05) is 16.9 Å². The van der Waals surface area contributed by atoms with Crippen LogP contribution in [0, 0.1) is 5.82 Å². The highest BCUT2D eigenvalue weighted by Crippen LogP contribution is 2.23. The number of halogens is 1. The van der Waals surface area contributed by atoms with Gasteiger partial charge >= 0.3 is 0 Å². The van der Waals surface area contributed by atoms with Gasteiger partial charge in [-0.25, -0.2) is 9.37 Å². The average Bonchev–Trinajstić information content (AvgIpc) is 3.18. The third-order valence-corrected chi connectivity index (χ3v) is 5.40. The zero-order valence-electron chi connectivity index (χ0n) is 15.9. The van der Waals surface area contributed by atoms with Crippen LogP contribution in [-0.2, 0) is 0 Å². The Morgan fingerprint density at radius 3 is 2.61 bits per heavy atom. The van der Waals surface area contributed by atoms with Crippen molar-refractivity contribution in [1.29, 1.82) is 0 Å². The van der Waals surface area contributed by atoms with Crippen LogP contribution in [0.15, 0.2) is 77.6 Å². The van der Waals surface area contributed by atoms with Gasteiger partial charge in [-0.2, -0.15) is 4.52 Å². The summed E-state index contributed by atoms with van der Waals surface area (Å²) in [6.07, 6.45) is 0. The molecule has 2 N–H and O–H groups in total. The number of amides is 1. The Bertz CT molecular complexity index is 1490. The van der Waals surface area contributed by atoms with Gasteiger partial charge in [0.05, 0.1) is 10.9 Å². The summed E-state index contributed by atoms with van der Waals surface area (Å²) in [5.41, 5.74) is 1.91. The zero-order chi connectivity index (χ0) is 21.4. The summed E-state index contributed by atoms with van der Waals surface area (Å²) >= 11 is 1.23. The molecule has 0 atom stereocenters. The van der Waals surface area contributed by atoms with Crippen LogP contribution in [0.3, 0.4) is 0 Å². The van der Waals surface area contributed by atoms with Gasteiger partial charge in [-0.1, -0.05) is 29.5 Å². The van der Waals surface area contributed by atoms with Crippen LogP contribution in [0.4, 0.5) is 20.9 Å². The van der Waals surface area contributed by atoms with E-state index in [4.69, 9.17) is 0 Å². The Labute approximate surface area is 178 Å². The maximum Gasteiger partial charge on any atom is 0.283 e. The summed E-state index contributed by atoms with van der Waals surface area (Å²) in [6.45, 7) is 0. The van der Waals surface area contributed by atoms with E-state index in [1.54, 1.807) is 42.5 Å². The molecule has 31 heavy (non-hydrogen) atoms. The second-order valence-electron chi connectivity index (χ2n) is 6.70. The molecule has 3 aromatic carbocycles. The summed E-state index contributed by atoms with van der Waals surface area (Å²) in [7, 11) is 0. The van der Waals surface area contributed by atoms with Crippen molar-refractivity contribution < 1.29 is 9.18 Å². The highest BCUT2D eigenvalue weighted by molar-refractivity contribution is 7.20. The number of aromatic nitrogens is 3. The molecule has 0 saturated carbocycles. The first kappa shape index (κ1) is 18.9. The van der Waals surface area contributed by atoms with Crippen molar-refractivity contribution in [3.05, 3.63) is 94.5 Å². The summed E-state index contributed by atoms with van der Waals surface area (Å²) in [4.78, 5) is 30.1. The minimum atomic E-state index is -0.374. The fourth-order valence-corrected chi connectivity index (χ4v) is 3.92. The molecule has 0 aliphatic heterocycles. The van der Waals surface area contributed by atoms with Crippen molar-refractivity contribution >= 4 is 49.6 Å². The van der Waals surface area contributed by atoms with Crippen LogP contribution < -0.4 is 16.2 Å². The molecule has 5 aromatic rings. The number of rotatable bonds is 4. The van der Waals surface area contributed by atoms with E-state index in [0.717, 1.165) is 0 Å². The second-order valence-corrected chi connectivity index (χ2v) is 7.66. The molecule has 0 radical (unpaired) electrons. The molecule has 9 heteroatoms. The van der Waals surface area contributed by atoms with Crippen molar-refractivity contribution in [3.8, 4) is 0 Å². The number of benzene rings is 3. The molecule has 2 heterocycles. The SMILES string of the molecule is O=C(Nc1ccc(F)cc1)c1cccc(Nc2nn3c(=O)c4ccccc4nc3s2)c1.